The highest BCUT2D eigenvalue weighted by Gasteiger charge is 2.22. The fourth-order valence-electron chi connectivity index (χ4n) is 9.79. The third-order valence-corrected chi connectivity index (χ3v) is 15.1. The lowest BCUT2D eigenvalue weighted by Gasteiger charge is -2.26. The Morgan fingerprint density at radius 1 is 0.369 bits per heavy atom. The quantitative estimate of drug-likeness (QED) is 0.0195. The van der Waals surface area contributed by atoms with Crippen molar-refractivity contribution in [3.8, 4) is 0 Å². The minimum atomic E-state index is -1.64. The van der Waals surface area contributed by atoms with Crippen molar-refractivity contribution in [1.82, 2.24) is 0 Å². The standard InChI is InChI=1S/C75H131NO8/c1-6-8-10-12-14-16-18-20-22-24-26-28-30-32-34-35-36-37-38-40-41-43-45-47-49-51-53-55-57-59-61-63-65-72(77)82-69-71(70-83-75(74(79)80)81-68-67-76(3,4)5)84-73(78)66-64-62-60-58-56-54-52-50-48-46-44-42-39-33-31-29-27-25-23-21-19-17-15-13-11-9-7-2/h9,11,15,17,21,23,27,29,33,39,44,46,50,52,56,58,71,75H,6-8,10,12-14,16,18-20,22,24-26,28,30-32,34-38,40-43,45,47-49,51,53-55,57,59-70H2,1-5H3/b11-9-,17-15-,23-21-,29-27-,39-33-,46-44-,52-50-,58-56-. The van der Waals surface area contributed by atoms with Gasteiger partial charge in [-0.05, 0) is 77.0 Å². The van der Waals surface area contributed by atoms with Crippen molar-refractivity contribution >= 4 is 17.9 Å². The predicted octanol–water partition coefficient (Wildman–Crippen LogP) is 20.3. The van der Waals surface area contributed by atoms with E-state index in [9.17, 15) is 19.5 Å². The van der Waals surface area contributed by atoms with Gasteiger partial charge in [-0.15, -0.1) is 0 Å². The molecular weight excluding hydrogens is 1040 g/mol. The van der Waals surface area contributed by atoms with Crippen LogP contribution in [0.25, 0.3) is 0 Å². The molecule has 0 aliphatic heterocycles. The molecule has 9 nitrogen and oxygen atoms in total. The third-order valence-electron chi connectivity index (χ3n) is 15.1. The molecule has 0 aliphatic carbocycles. The number of quaternary nitrogens is 1. The Morgan fingerprint density at radius 3 is 1.01 bits per heavy atom. The van der Waals surface area contributed by atoms with Gasteiger partial charge in [0.05, 0.1) is 40.3 Å². The van der Waals surface area contributed by atoms with Crippen molar-refractivity contribution in [2.24, 2.45) is 0 Å². The van der Waals surface area contributed by atoms with Gasteiger partial charge in [-0.1, -0.05) is 310 Å². The maximum atomic E-state index is 12.9. The molecular formula is C75H131NO8. The number of carboxylic acid groups (broad SMARTS) is 1. The normalized spacial score (nSPS) is 13.3. The highest BCUT2D eigenvalue weighted by Crippen LogP contribution is 2.18. The Kier molecular flexibility index (Phi) is 62.2. The first kappa shape index (κ1) is 80.2. The second-order valence-corrected chi connectivity index (χ2v) is 24.4. The van der Waals surface area contributed by atoms with Crippen LogP contribution >= 0.6 is 0 Å². The zero-order valence-electron chi connectivity index (χ0n) is 55.3. The molecule has 0 heterocycles. The number of carboxylic acids is 1. The first-order valence-corrected chi connectivity index (χ1v) is 34.9. The highest BCUT2D eigenvalue weighted by atomic mass is 16.7. The lowest BCUT2D eigenvalue weighted by molar-refractivity contribution is -0.870. The predicted molar refractivity (Wildman–Crippen MR) is 357 cm³/mol. The average molecular weight is 1170 g/mol. The number of hydrogen-bond donors (Lipinski definition) is 0. The Labute approximate surface area is 518 Å². The number of ether oxygens (including phenoxy) is 4. The van der Waals surface area contributed by atoms with E-state index < -0.39 is 24.3 Å². The van der Waals surface area contributed by atoms with E-state index in [4.69, 9.17) is 18.9 Å². The number of carbonyl (C=O) groups is 3. The summed E-state index contributed by atoms with van der Waals surface area (Å²) in [6.45, 7) is 4.61. The smallest absolute Gasteiger partial charge is 0.306 e. The van der Waals surface area contributed by atoms with E-state index in [2.05, 4.69) is 111 Å². The molecule has 2 atom stereocenters. The molecule has 0 saturated carbocycles. The monoisotopic (exact) mass is 1170 g/mol. The van der Waals surface area contributed by atoms with E-state index in [1.54, 1.807) is 0 Å². The number of aliphatic carboxylic acids is 1. The molecule has 0 radical (unpaired) electrons. The first-order chi connectivity index (χ1) is 41.1. The maximum absolute atomic E-state index is 12.9. The lowest BCUT2D eigenvalue weighted by Crippen LogP contribution is -2.44. The fraction of sp³-hybridized carbons (Fsp3) is 0.747. The number of carbonyl (C=O) groups excluding carboxylic acids is 3. The largest absolute Gasteiger partial charge is 0.545 e. The van der Waals surface area contributed by atoms with Crippen LogP contribution < -0.4 is 5.11 Å². The zero-order valence-corrected chi connectivity index (χ0v) is 55.3. The SMILES string of the molecule is CC/C=C\C/C=C\C/C=C\C/C=C\C/C=C\C/C=C\C/C=C\C/C=C\CCCCC(=O)OC(COC(=O)CCCCCCCCCCCCCCCCCCCCCCCCCCCCCCCCCC)COC(OCC[N+](C)(C)C)C(=O)[O-]. The van der Waals surface area contributed by atoms with Gasteiger partial charge in [0.1, 0.15) is 13.2 Å². The van der Waals surface area contributed by atoms with Crippen molar-refractivity contribution in [1.29, 1.82) is 0 Å². The van der Waals surface area contributed by atoms with Gasteiger partial charge >= 0.3 is 11.9 Å². The van der Waals surface area contributed by atoms with Crippen LogP contribution in [0, 0.1) is 0 Å². The maximum Gasteiger partial charge on any atom is 0.306 e. The summed E-state index contributed by atoms with van der Waals surface area (Å²) in [4.78, 5) is 37.4. The number of hydrogen-bond acceptors (Lipinski definition) is 8. The molecule has 84 heavy (non-hydrogen) atoms. The third kappa shape index (κ3) is 65.7. The zero-order chi connectivity index (χ0) is 61.2. The number of esters is 2. The van der Waals surface area contributed by atoms with Gasteiger partial charge in [-0.25, -0.2) is 0 Å². The highest BCUT2D eigenvalue weighted by molar-refractivity contribution is 5.70. The molecule has 0 rings (SSSR count). The topological polar surface area (TPSA) is 111 Å². The van der Waals surface area contributed by atoms with Gasteiger partial charge in [0.25, 0.3) is 0 Å². The van der Waals surface area contributed by atoms with Crippen LogP contribution in [0.2, 0.25) is 0 Å². The summed E-state index contributed by atoms with van der Waals surface area (Å²) in [5, 5.41) is 11.8. The van der Waals surface area contributed by atoms with Gasteiger partial charge < -0.3 is 33.3 Å². The van der Waals surface area contributed by atoms with Crippen LogP contribution in [-0.4, -0.2) is 82.3 Å². The molecule has 0 aromatic rings. The minimum absolute atomic E-state index is 0.135. The van der Waals surface area contributed by atoms with E-state index in [1.807, 2.05) is 21.1 Å². The summed E-state index contributed by atoms with van der Waals surface area (Å²) in [7, 11) is 5.91. The van der Waals surface area contributed by atoms with E-state index in [0.717, 1.165) is 83.5 Å². The summed E-state index contributed by atoms with van der Waals surface area (Å²) in [5.74, 6) is -2.34. The van der Waals surface area contributed by atoms with E-state index in [-0.39, 0.29) is 38.6 Å². The molecule has 0 N–H and O–H groups in total. The van der Waals surface area contributed by atoms with Crippen molar-refractivity contribution in [2.75, 3.05) is 47.5 Å². The lowest BCUT2D eigenvalue weighted by atomic mass is 10.0. The van der Waals surface area contributed by atoms with Crippen LogP contribution in [0.15, 0.2) is 97.2 Å². The Balaban J connectivity index is 4.17. The van der Waals surface area contributed by atoms with Gasteiger partial charge in [0, 0.05) is 12.8 Å². The van der Waals surface area contributed by atoms with Crippen LogP contribution in [-0.2, 0) is 33.3 Å². The molecule has 0 spiro atoms. The molecule has 0 amide bonds. The molecule has 0 fully saturated rings. The van der Waals surface area contributed by atoms with Crippen molar-refractivity contribution in [3.63, 3.8) is 0 Å². The van der Waals surface area contributed by atoms with E-state index in [0.29, 0.717) is 17.4 Å². The summed E-state index contributed by atoms with van der Waals surface area (Å²) in [6.07, 6.45) is 86.5. The average Bonchev–Trinajstić information content (AvgIpc) is 3.51. The molecule has 484 valence electrons. The van der Waals surface area contributed by atoms with Gasteiger partial charge in [0.15, 0.2) is 12.4 Å². The molecule has 0 saturated heterocycles. The summed E-state index contributed by atoms with van der Waals surface area (Å²) in [6, 6.07) is 0. The summed E-state index contributed by atoms with van der Waals surface area (Å²) >= 11 is 0. The number of nitrogens with zero attached hydrogens (tertiary/aromatic N) is 1. The van der Waals surface area contributed by atoms with Crippen LogP contribution in [0.4, 0.5) is 0 Å². The van der Waals surface area contributed by atoms with Crippen molar-refractivity contribution < 1.29 is 42.9 Å². The van der Waals surface area contributed by atoms with Crippen LogP contribution in [0.3, 0.4) is 0 Å². The van der Waals surface area contributed by atoms with E-state index in [1.165, 1.54) is 186 Å². The first-order valence-electron chi connectivity index (χ1n) is 34.9. The summed E-state index contributed by atoms with van der Waals surface area (Å²) < 4.78 is 22.7. The van der Waals surface area contributed by atoms with Gasteiger partial charge in [-0.2, -0.15) is 0 Å². The molecule has 2 unspecified atom stereocenters. The van der Waals surface area contributed by atoms with Crippen molar-refractivity contribution in [3.05, 3.63) is 97.2 Å². The Hall–Kier alpha value is -3.79. The number of unbranched alkanes of at least 4 members (excludes halogenated alkanes) is 33. The Morgan fingerprint density at radius 2 is 0.679 bits per heavy atom. The number of likely N-dealkylation sites (N-methyl/N-ethyl adjacent to an activating group) is 1. The molecule has 0 bridgehead atoms. The fourth-order valence-corrected chi connectivity index (χ4v) is 9.79. The molecule has 9 heteroatoms. The van der Waals surface area contributed by atoms with Crippen molar-refractivity contribution in [2.45, 2.75) is 315 Å². The Bertz CT molecular complexity index is 1700. The minimum Gasteiger partial charge on any atom is -0.545 e. The number of rotatable bonds is 64. The second kappa shape index (κ2) is 65.2. The molecule has 0 aromatic carbocycles. The van der Waals surface area contributed by atoms with Gasteiger partial charge in [-0.3, -0.25) is 9.59 Å². The number of allylic oxidation sites excluding steroid dienone is 16. The van der Waals surface area contributed by atoms with Crippen LogP contribution in [0.1, 0.15) is 303 Å². The second-order valence-electron chi connectivity index (χ2n) is 24.4. The van der Waals surface area contributed by atoms with Crippen LogP contribution in [0.5, 0.6) is 0 Å². The molecule has 0 aliphatic rings. The summed E-state index contributed by atoms with van der Waals surface area (Å²) in [5.41, 5.74) is 0. The molecule has 0 aromatic heterocycles. The van der Waals surface area contributed by atoms with E-state index >= 15 is 0 Å². The van der Waals surface area contributed by atoms with Gasteiger partial charge in [0.2, 0.25) is 0 Å².